The first-order valence-corrected chi connectivity index (χ1v) is 4.19. The Morgan fingerprint density at radius 3 is 3.10 bits per heavy atom. The lowest BCUT2D eigenvalue weighted by molar-refractivity contribution is 0.761. The molecule has 0 aromatic carbocycles. The average Bonchev–Trinajstić information content (AvgIpc) is 2.40. The molecule has 1 atom stereocenters. The SMILES string of the molecule is C#CC(C)Cc1cccs1. The van der Waals surface area contributed by atoms with Crippen LogP contribution in [0.25, 0.3) is 0 Å². The van der Waals surface area contributed by atoms with Gasteiger partial charge >= 0.3 is 0 Å². The zero-order chi connectivity index (χ0) is 7.40. The molecule has 0 N–H and O–H groups in total. The molecule has 0 aliphatic rings. The first-order valence-electron chi connectivity index (χ1n) is 3.31. The maximum absolute atomic E-state index is 5.24. The van der Waals surface area contributed by atoms with E-state index in [9.17, 15) is 0 Å². The van der Waals surface area contributed by atoms with Gasteiger partial charge in [0.05, 0.1) is 0 Å². The normalized spacial score (nSPS) is 12.4. The summed E-state index contributed by atoms with van der Waals surface area (Å²) in [6, 6.07) is 4.18. The number of terminal acetylenes is 1. The van der Waals surface area contributed by atoms with Gasteiger partial charge in [0.25, 0.3) is 0 Å². The van der Waals surface area contributed by atoms with E-state index in [1.165, 1.54) is 4.88 Å². The number of thiophene rings is 1. The summed E-state index contributed by atoms with van der Waals surface area (Å²) in [5.41, 5.74) is 0. The van der Waals surface area contributed by atoms with Gasteiger partial charge in [0.15, 0.2) is 0 Å². The van der Waals surface area contributed by atoms with Gasteiger partial charge in [-0.15, -0.1) is 23.7 Å². The van der Waals surface area contributed by atoms with Crippen molar-refractivity contribution in [2.45, 2.75) is 13.3 Å². The van der Waals surface area contributed by atoms with Crippen molar-refractivity contribution in [2.24, 2.45) is 5.92 Å². The van der Waals surface area contributed by atoms with Crippen molar-refractivity contribution in [3.05, 3.63) is 22.4 Å². The van der Waals surface area contributed by atoms with Crippen molar-refractivity contribution in [1.29, 1.82) is 0 Å². The van der Waals surface area contributed by atoms with Crippen LogP contribution in [0.5, 0.6) is 0 Å². The van der Waals surface area contributed by atoms with Crippen LogP contribution in [0.15, 0.2) is 17.5 Å². The zero-order valence-corrected chi connectivity index (χ0v) is 6.82. The van der Waals surface area contributed by atoms with E-state index in [1.807, 2.05) is 0 Å². The van der Waals surface area contributed by atoms with Crippen LogP contribution in [-0.2, 0) is 6.42 Å². The quantitative estimate of drug-likeness (QED) is 0.568. The summed E-state index contributed by atoms with van der Waals surface area (Å²) in [6.07, 6.45) is 6.27. The van der Waals surface area contributed by atoms with Crippen LogP contribution in [0.4, 0.5) is 0 Å². The van der Waals surface area contributed by atoms with Crippen molar-refractivity contribution in [1.82, 2.24) is 0 Å². The van der Waals surface area contributed by atoms with Crippen LogP contribution in [-0.4, -0.2) is 0 Å². The molecule has 1 aromatic heterocycles. The molecule has 0 aliphatic carbocycles. The van der Waals surface area contributed by atoms with Crippen LogP contribution in [0.2, 0.25) is 0 Å². The minimum Gasteiger partial charge on any atom is -0.149 e. The Morgan fingerprint density at radius 2 is 2.60 bits per heavy atom. The van der Waals surface area contributed by atoms with Crippen molar-refractivity contribution in [3.8, 4) is 12.3 Å². The van der Waals surface area contributed by atoms with Gasteiger partial charge in [0.1, 0.15) is 0 Å². The molecule has 0 amide bonds. The van der Waals surface area contributed by atoms with E-state index in [0.29, 0.717) is 5.92 Å². The Morgan fingerprint density at radius 1 is 1.80 bits per heavy atom. The van der Waals surface area contributed by atoms with Crippen molar-refractivity contribution in [2.75, 3.05) is 0 Å². The van der Waals surface area contributed by atoms with Crippen LogP contribution in [0, 0.1) is 18.3 Å². The monoisotopic (exact) mass is 150 g/mol. The lowest BCUT2D eigenvalue weighted by Crippen LogP contribution is -1.92. The van der Waals surface area contributed by atoms with Gasteiger partial charge in [0.2, 0.25) is 0 Å². The number of hydrogen-bond acceptors (Lipinski definition) is 1. The van der Waals surface area contributed by atoms with Gasteiger partial charge in [-0.1, -0.05) is 13.0 Å². The Hall–Kier alpha value is -0.740. The second-order valence-electron chi connectivity index (χ2n) is 2.35. The summed E-state index contributed by atoms with van der Waals surface area (Å²) >= 11 is 1.77. The second-order valence-corrected chi connectivity index (χ2v) is 3.38. The fourth-order valence-corrected chi connectivity index (χ4v) is 1.62. The van der Waals surface area contributed by atoms with Crippen LogP contribution in [0.1, 0.15) is 11.8 Å². The molecule has 1 unspecified atom stereocenters. The largest absolute Gasteiger partial charge is 0.149 e. The topological polar surface area (TPSA) is 0 Å². The smallest absolute Gasteiger partial charge is 0.0220 e. The van der Waals surface area contributed by atoms with E-state index in [4.69, 9.17) is 6.42 Å². The summed E-state index contributed by atoms with van der Waals surface area (Å²) in [4.78, 5) is 1.38. The Balaban J connectivity index is 2.50. The molecule has 0 bridgehead atoms. The average molecular weight is 150 g/mol. The molecule has 0 saturated carbocycles. The molecule has 52 valence electrons. The maximum Gasteiger partial charge on any atom is 0.0220 e. The molecule has 0 aliphatic heterocycles. The Kier molecular flexibility index (Phi) is 2.53. The van der Waals surface area contributed by atoms with Crippen LogP contribution < -0.4 is 0 Å². The molecule has 1 rings (SSSR count). The number of hydrogen-bond donors (Lipinski definition) is 0. The van der Waals surface area contributed by atoms with E-state index in [-0.39, 0.29) is 0 Å². The van der Waals surface area contributed by atoms with Crippen molar-refractivity contribution < 1.29 is 0 Å². The fourth-order valence-electron chi connectivity index (χ4n) is 0.789. The lowest BCUT2D eigenvalue weighted by Gasteiger charge is -1.98. The maximum atomic E-state index is 5.24. The molecule has 0 nitrogen and oxygen atoms in total. The molecule has 1 heterocycles. The van der Waals surface area contributed by atoms with Gasteiger partial charge in [-0.2, -0.15) is 0 Å². The highest BCUT2D eigenvalue weighted by Crippen LogP contribution is 2.13. The molecule has 0 saturated heterocycles. The van der Waals surface area contributed by atoms with Gasteiger partial charge in [-0.05, 0) is 17.9 Å². The predicted molar refractivity (Wildman–Crippen MR) is 46.0 cm³/mol. The zero-order valence-electron chi connectivity index (χ0n) is 6.00. The first kappa shape index (κ1) is 7.37. The van der Waals surface area contributed by atoms with Gasteiger partial charge in [-0.25, -0.2) is 0 Å². The molecule has 1 heteroatoms. The van der Waals surface area contributed by atoms with Gasteiger partial charge < -0.3 is 0 Å². The van der Waals surface area contributed by atoms with E-state index in [2.05, 4.69) is 30.4 Å². The first-order chi connectivity index (χ1) is 4.83. The molecule has 10 heavy (non-hydrogen) atoms. The minimum atomic E-state index is 0.374. The molecular weight excluding hydrogens is 140 g/mol. The van der Waals surface area contributed by atoms with Crippen molar-refractivity contribution >= 4 is 11.3 Å². The van der Waals surface area contributed by atoms with Crippen LogP contribution in [0.3, 0.4) is 0 Å². The van der Waals surface area contributed by atoms with Crippen LogP contribution >= 0.6 is 11.3 Å². The molecular formula is C9H10S. The highest BCUT2D eigenvalue weighted by molar-refractivity contribution is 7.09. The fraction of sp³-hybridized carbons (Fsp3) is 0.333. The van der Waals surface area contributed by atoms with Gasteiger partial charge in [-0.3, -0.25) is 0 Å². The second kappa shape index (κ2) is 3.43. The Labute approximate surface area is 65.9 Å². The summed E-state index contributed by atoms with van der Waals surface area (Å²) in [7, 11) is 0. The standard InChI is InChI=1S/C9H10S/c1-3-8(2)7-9-5-4-6-10-9/h1,4-6,8H,7H2,2H3. The molecule has 1 aromatic rings. The summed E-state index contributed by atoms with van der Waals surface area (Å²) in [5.74, 6) is 3.08. The van der Waals surface area contributed by atoms with E-state index >= 15 is 0 Å². The third-order valence-corrected chi connectivity index (χ3v) is 2.27. The summed E-state index contributed by atoms with van der Waals surface area (Å²) in [6.45, 7) is 2.07. The minimum absolute atomic E-state index is 0.374. The van der Waals surface area contributed by atoms with E-state index in [0.717, 1.165) is 6.42 Å². The third kappa shape index (κ3) is 1.89. The number of rotatable bonds is 2. The molecule has 0 fully saturated rings. The summed E-state index contributed by atoms with van der Waals surface area (Å²) < 4.78 is 0. The van der Waals surface area contributed by atoms with E-state index in [1.54, 1.807) is 11.3 Å². The van der Waals surface area contributed by atoms with Crippen molar-refractivity contribution in [3.63, 3.8) is 0 Å². The molecule has 0 radical (unpaired) electrons. The highest BCUT2D eigenvalue weighted by Gasteiger charge is 1.98. The molecule has 0 spiro atoms. The lowest BCUT2D eigenvalue weighted by atomic mass is 10.1. The Bertz CT molecular complexity index is 215. The highest BCUT2D eigenvalue weighted by atomic mass is 32.1. The third-order valence-electron chi connectivity index (χ3n) is 1.37. The van der Waals surface area contributed by atoms with E-state index < -0.39 is 0 Å². The summed E-state index contributed by atoms with van der Waals surface area (Å²) in [5, 5.41) is 2.08. The predicted octanol–water partition coefficient (Wildman–Crippen LogP) is 2.56. The van der Waals surface area contributed by atoms with Gasteiger partial charge in [0, 0.05) is 10.8 Å².